The molecule has 0 aromatic carbocycles. The van der Waals surface area contributed by atoms with Gasteiger partial charge in [0.2, 0.25) is 5.91 Å². The van der Waals surface area contributed by atoms with E-state index in [4.69, 9.17) is 0 Å². The Labute approximate surface area is 108 Å². The van der Waals surface area contributed by atoms with Crippen LogP contribution in [0.3, 0.4) is 0 Å². The summed E-state index contributed by atoms with van der Waals surface area (Å²) in [4.78, 5) is 12.4. The standard InChI is InChI=1S/C13H24BrNO/c1-6-7-9(14)8-15-11(16)10-12(2,3)13(10,4)5/h9-10H,6-8H2,1-5H3,(H,15,16). The highest BCUT2D eigenvalue weighted by Gasteiger charge is 2.68. The Morgan fingerprint density at radius 1 is 1.31 bits per heavy atom. The van der Waals surface area contributed by atoms with E-state index < -0.39 is 0 Å². The van der Waals surface area contributed by atoms with Gasteiger partial charge < -0.3 is 5.32 Å². The minimum atomic E-state index is 0.143. The molecule has 1 saturated carbocycles. The highest BCUT2D eigenvalue weighted by Crippen LogP contribution is 2.68. The average Bonchev–Trinajstić information content (AvgIpc) is 2.54. The topological polar surface area (TPSA) is 29.1 Å². The summed E-state index contributed by atoms with van der Waals surface area (Å²) in [6, 6.07) is 0. The maximum Gasteiger partial charge on any atom is 0.224 e. The van der Waals surface area contributed by atoms with Crippen molar-refractivity contribution in [2.24, 2.45) is 16.7 Å². The minimum absolute atomic E-state index is 0.143. The maximum absolute atomic E-state index is 12.0. The molecule has 0 aliphatic heterocycles. The molecule has 0 spiro atoms. The first-order valence-electron chi connectivity index (χ1n) is 6.17. The molecule has 1 fully saturated rings. The van der Waals surface area contributed by atoms with Crippen LogP contribution in [0.2, 0.25) is 0 Å². The molecule has 0 aromatic heterocycles. The molecular weight excluding hydrogens is 266 g/mol. The van der Waals surface area contributed by atoms with Crippen molar-refractivity contribution in [1.82, 2.24) is 5.32 Å². The van der Waals surface area contributed by atoms with Gasteiger partial charge in [0.1, 0.15) is 0 Å². The van der Waals surface area contributed by atoms with Gasteiger partial charge in [-0.25, -0.2) is 0 Å². The zero-order valence-electron chi connectivity index (χ0n) is 11.1. The second-order valence-corrected chi connectivity index (χ2v) is 7.30. The fraction of sp³-hybridized carbons (Fsp3) is 0.923. The Hall–Kier alpha value is -0.0500. The van der Waals surface area contributed by atoms with Gasteiger partial charge in [-0.1, -0.05) is 57.0 Å². The average molecular weight is 290 g/mol. The summed E-state index contributed by atoms with van der Waals surface area (Å²) >= 11 is 3.58. The smallest absolute Gasteiger partial charge is 0.224 e. The van der Waals surface area contributed by atoms with Crippen LogP contribution in [0.25, 0.3) is 0 Å². The van der Waals surface area contributed by atoms with Gasteiger partial charge in [0.05, 0.1) is 0 Å². The predicted molar refractivity (Wildman–Crippen MR) is 71.7 cm³/mol. The highest BCUT2D eigenvalue weighted by molar-refractivity contribution is 9.09. The monoisotopic (exact) mass is 289 g/mol. The van der Waals surface area contributed by atoms with E-state index in [-0.39, 0.29) is 22.7 Å². The zero-order chi connectivity index (χ0) is 12.6. The van der Waals surface area contributed by atoms with Gasteiger partial charge in [-0.15, -0.1) is 0 Å². The SMILES string of the molecule is CCCC(Br)CNC(=O)C1C(C)(C)C1(C)C. The number of carbonyl (C=O) groups is 1. The summed E-state index contributed by atoms with van der Waals surface area (Å²) in [6.45, 7) is 11.6. The van der Waals surface area contributed by atoms with Crippen LogP contribution in [-0.4, -0.2) is 17.3 Å². The van der Waals surface area contributed by atoms with Crippen LogP contribution in [0, 0.1) is 16.7 Å². The van der Waals surface area contributed by atoms with Gasteiger partial charge in [-0.05, 0) is 17.3 Å². The van der Waals surface area contributed by atoms with E-state index >= 15 is 0 Å². The molecule has 1 aliphatic rings. The number of hydrogen-bond acceptors (Lipinski definition) is 1. The van der Waals surface area contributed by atoms with Crippen LogP contribution in [0.15, 0.2) is 0 Å². The molecule has 0 aromatic rings. The first-order valence-corrected chi connectivity index (χ1v) is 7.08. The Morgan fingerprint density at radius 2 is 1.81 bits per heavy atom. The second kappa shape index (κ2) is 4.67. The van der Waals surface area contributed by atoms with Crippen LogP contribution in [0.4, 0.5) is 0 Å². The first-order chi connectivity index (χ1) is 7.25. The van der Waals surface area contributed by atoms with E-state index in [0.29, 0.717) is 4.83 Å². The van der Waals surface area contributed by atoms with Crippen molar-refractivity contribution in [3.8, 4) is 0 Å². The Morgan fingerprint density at radius 3 is 2.19 bits per heavy atom. The molecule has 0 saturated heterocycles. The van der Waals surface area contributed by atoms with E-state index in [2.05, 4.69) is 55.9 Å². The molecule has 1 N–H and O–H groups in total. The van der Waals surface area contributed by atoms with Gasteiger partial charge in [0, 0.05) is 17.3 Å². The van der Waals surface area contributed by atoms with Crippen LogP contribution < -0.4 is 5.32 Å². The number of halogens is 1. The van der Waals surface area contributed by atoms with Gasteiger partial charge in [0.25, 0.3) is 0 Å². The number of hydrogen-bond donors (Lipinski definition) is 1. The molecule has 1 unspecified atom stereocenters. The normalized spacial score (nSPS) is 23.9. The highest BCUT2D eigenvalue weighted by atomic mass is 79.9. The fourth-order valence-corrected chi connectivity index (χ4v) is 3.20. The largest absolute Gasteiger partial charge is 0.355 e. The summed E-state index contributed by atoms with van der Waals surface area (Å²) in [5.74, 6) is 0.386. The summed E-state index contributed by atoms with van der Waals surface area (Å²) in [5, 5.41) is 3.05. The Bertz CT molecular complexity index is 259. The van der Waals surface area contributed by atoms with E-state index in [1.165, 1.54) is 0 Å². The second-order valence-electron chi connectivity index (χ2n) is 6.01. The molecule has 0 radical (unpaired) electrons. The van der Waals surface area contributed by atoms with Gasteiger partial charge in [-0.2, -0.15) is 0 Å². The lowest BCUT2D eigenvalue weighted by molar-refractivity contribution is -0.123. The van der Waals surface area contributed by atoms with Gasteiger partial charge >= 0.3 is 0 Å². The molecule has 1 amide bonds. The van der Waals surface area contributed by atoms with Crippen LogP contribution in [0.5, 0.6) is 0 Å². The van der Waals surface area contributed by atoms with Crippen molar-refractivity contribution >= 4 is 21.8 Å². The molecule has 3 heteroatoms. The number of carbonyl (C=O) groups excluding carboxylic acids is 1. The number of nitrogens with one attached hydrogen (secondary N) is 1. The maximum atomic E-state index is 12.0. The number of amides is 1. The summed E-state index contributed by atoms with van der Waals surface area (Å²) in [5.41, 5.74) is 0.285. The lowest BCUT2D eigenvalue weighted by atomic mass is 10.0. The third-order valence-electron chi connectivity index (χ3n) is 4.38. The Balaban J connectivity index is 2.39. The molecule has 1 aliphatic carbocycles. The van der Waals surface area contributed by atoms with Crippen LogP contribution in [-0.2, 0) is 4.79 Å². The molecule has 0 heterocycles. The van der Waals surface area contributed by atoms with Crippen molar-refractivity contribution in [3.63, 3.8) is 0 Å². The van der Waals surface area contributed by atoms with Crippen molar-refractivity contribution < 1.29 is 4.79 Å². The minimum Gasteiger partial charge on any atom is -0.355 e. The summed E-state index contributed by atoms with van der Waals surface area (Å²) in [7, 11) is 0. The zero-order valence-corrected chi connectivity index (χ0v) is 12.6. The summed E-state index contributed by atoms with van der Waals surface area (Å²) < 4.78 is 0. The van der Waals surface area contributed by atoms with E-state index in [0.717, 1.165) is 19.4 Å². The third kappa shape index (κ3) is 2.44. The van der Waals surface area contributed by atoms with Crippen molar-refractivity contribution in [1.29, 1.82) is 0 Å². The Kier molecular flexibility index (Phi) is 4.09. The van der Waals surface area contributed by atoms with Crippen LogP contribution >= 0.6 is 15.9 Å². The third-order valence-corrected chi connectivity index (χ3v) is 5.16. The molecule has 0 bridgehead atoms. The molecular formula is C13H24BrNO. The molecule has 1 rings (SSSR count). The van der Waals surface area contributed by atoms with E-state index in [1.54, 1.807) is 0 Å². The molecule has 1 atom stereocenters. The van der Waals surface area contributed by atoms with E-state index in [1.807, 2.05) is 0 Å². The molecule has 16 heavy (non-hydrogen) atoms. The lowest BCUT2D eigenvalue weighted by Crippen LogP contribution is -2.32. The first kappa shape index (κ1) is 14.0. The predicted octanol–water partition coefficient (Wildman–Crippen LogP) is 3.35. The molecule has 94 valence electrons. The van der Waals surface area contributed by atoms with Crippen molar-refractivity contribution in [2.75, 3.05) is 6.54 Å². The van der Waals surface area contributed by atoms with E-state index in [9.17, 15) is 4.79 Å². The number of alkyl halides is 1. The summed E-state index contributed by atoms with van der Waals surface area (Å²) in [6.07, 6.45) is 2.25. The number of rotatable bonds is 5. The van der Waals surface area contributed by atoms with Gasteiger partial charge in [0.15, 0.2) is 0 Å². The van der Waals surface area contributed by atoms with Crippen molar-refractivity contribution in [2.45, 2.75) is 52.3 Å². The van der Waals surface area contributed by atoms with Crippen molar-refractivity contribution in [3.05, 3.63) is 0 Å². The van der Waals surface area contributed by atoms with Gasteiger partial charge in [-0.3, -0.25) is 4.79 Å². The lowest BCUT2D eigenvalue weighted by Gasteiger charge is -2.10. The fourth-order valence-electron chi connectivity index (χ4n) is 2.58. The molecule has 2 nitrogen and oxygen atoms in total. The quantitative estimate of drug-likeness (QED) is 0.773. The van der Waals surface area contributed by atoms with Crippen LogP contribution in [0.1, 0.15) is 47.5 Å².